The SMILES string of the molecule is N#CCCN/C=C(/C#N)C(=O)Nc1ccc(F)cc1. The molecular formula is C13H11FN4O. The average molecular weight is 258 g/mol. The van der Waals surface area contributed by atoms with E-state index in [4.69, 9.17) is 10.5 Å². The van der Waals surface area contributed by atoms with Gasteiger partial charge in [0.05, 0.1) is 12.5 Å². The van der Waals surface area contributed by atoms with Crippen LogP contribution in [0, 0.1) is 28.5 Å². The third-order valence-corrected chi connectivity index (χ3v) is 2.09. The van der Waals surface area contributed by atoms with Gasteiger partial charge in [0, 0.05) is 18.4 Å². The van der Waals surface area contributed by atoms with Crippen molar-refractivity contribution in [3.05, 3.63) is 41.9 Å². The van der Waals surface area contributed by atoms with Crippen molar-refractivity contribution in [2.24, 2.45) is 0 Å². The standard InChI is InChI=1S/C13H11FN4O/c14-11-2-4-12(5-3-11)18-13(19)10(8-16)9-17-7-1-6-15/h2-5,9,17H,1,7H2,(H,18,19)/b10-9-. The van der Waals surface area contributed by atoms with E-state index in [1.807, 2.05) is 6.07 Å². The minimum absolute atomic E-state index is 0.123. The molecule has 0 heterocycles. The lowest BCUT2D eigenvalue weighted by Crippen LogP contribution is -2.17. The first kappa shape index (κ1) is 14.2. The molecule has 0 aliphatic heterocycles. The number of nitrogens with one attached hydrogen (secondary N) is 2. The number of hydrogen-bond acceptors (Lipinski definition) is 4. The fourth-order valence-electron chi connectivity index (χ4n) is 1.18. The molecule has 0 fully saturated rings. The minimum Gasteiger partial charge on any atom is -0.389 e. The highest BCUT2D eigenvalue weighted by atomic mass is 19.1. The first-order valence-corrected chi connectivity index (χ1v) is 5.45. The molecule has 0 bridgehead atoms. The predicted molar refractivity (Wildman–Crippen MR) is 67.0 cm³/mol. The van der Waals surface area contributed by atoms with Crippen LogP contribution in [0.2, 0.25) is 0 Å². The quantitative estimate of drug-likeness (QED) is 0.477. The minimum atomic E-state index is -0.599. The van der Waals surface area contributed by atoms with Gasteiger partial charge in [0.15, 0.2) is 0 Å². The molecule has 1 rings (SSSR count). The molecular weight excluding hydrogens is 247 g/mol. The molecule has 2 N–H and O–H groups in total. The summed E-state index contributed by atoms with van der Waals surface area (Å²) in [4.78, 5) is 11.7. The largest absolute Gasteiger partial charge is 0.389 e. The van der Waals surface area contributed by atoms with Crippen LogP contribution in [0.25, 0.3) is 0 Å². The second-order valence-corrected chi connectivity index (χ2v) is 3.49. The maximum atomic E-state index is 12.7. The van der Waals surface area contributed by atoms with Crippen LogP contribution in [0.5, 0.6) is 0 Å². The lowest BCUT2D eigenvalue weighted by Gasteiger charge is -2.04. The molecule has 1 aromatic carbocycles. The molecule has 96 valence electrons. The van der Waals surface area contributed by atoms with E-state index >= 15 is 0 Å². The summed E-state index contributed by atoms with van der Waals surface area (Å²) < 4.78 is 12.7. The van der Waals surface area contributed by atoms with E-state index in [9.17, 15) is 9.18 Å². The van der Waals surface area contributed by atoms with Crippen LogP contribution in [-0.4, -0.2) is 12.5 Å². The average Bonchev–Trinajstić information content (AvgIpc) is 2.41. The third-order valence-electron chi connectivity index (χ3n) is 2.09. The van der Waals surface area contributed by atoms with Crippen LogP contribution < -0.4 is 10.6 Å². The van der Waals surface area contributed by atoms with Gasteiger partial charge in [0.1, 0.15) is 17.5 Å². The van der Waals surface area contributed by atoms with Gasteiger partial charge < -0.3 is 10.6 Å². The van der Waals surface area contributed by atoms with Gasteiger partial charge in [-0.2, -0.15) is 10.5 Å². The lowest BCUT2D eigenvalue weighted by atomic mass is 10.2. The van der Waals surface area contributed by atoms with Gasteiger partial charge in [-0.3, -0.25) is 4.79 Å². The van der Waals surface area contributed by atoms with Crippen molar-refractivity contribution in [1.82, 2.24) is 5.32 Å². The molecule has 0 atom stereocenters. The smallest absolute Gasteiger partial charge is 0.267 e. The summed E-state index contributed by atoms with van der Waals surface area (Å²) in [6.07, 6.45) is 1.52. The van der Waals surface area contributed by atoms with Crippen molar-refractivity contribution in [3.63, 3.8) is 0 Å². The van der Waals surface area contributed by atoms with E-state index in [2.05, 4.69) is 10.6 Å². The first-order valence-electron chi connectivity index (χ1n) is 5.45. The number of amides is 1. The summed E-state index contributed by atoms with van der Waals surface area (Å²) in [6, 6.07) is 8.86. The van der Waals surface area contributed by atoms with Gasteiger partial charge in [-0.25, -0.2) is 4.39 Å². The number of halogens is 1. The highest BCUT2D eigenvalue weighted by molar-refractivity contribution is 6.06. The third kappa shape index (κ3) is 4.88. The van der Waals surface area contributed by atoms with Crippen LogP contribution in [0.1, 0.15) is 6.42 Å². The van der Waals surface area contributed by atoms with Crippen molar-refractivity contribution in [2.45, 2.75) is 6.42 Å². The second kappa shape index (κ2) is 7.46. The highest BCUT2D eigenvalue weighted by Gasteiger charge is 2.08. The fourth-order valence-corrected chi connectivity index (χ4v) is 1.18. The molecule has 0 saturated carbocycles. The summed E-state index contributed by atoms with van der Waals surface area (Å²) in [5.74, 6) is -1.01. The van der Waals surface area contributed by atoms with Crippen LogP contribution >= 0.6 is 0 Å². The molecule has 0 aliphatic rings. The Bertz CT molecular complexity index is 551. The van der Waals surface area contributed by atoms with Crippen molar-refractivity contribution in [1.29, 1.82) is 10.5 Å². The molecule has 0 unspecified atom stereocenters. The number of carbonyl (C=O) groups is 1. The Balaban J connectivity index is 2.62. The summed E-state index contributed by atoms with van der Waals surface area (Å²) in [5.41, 5.74) is 0.270. The maximum absolute atomic E-state index is 12.7. The lowest BCUT2D eigenvalue weighted by molar-refractivity contribution is -0.112. The van der Waals surface area contributed by atoms with E-state index in [1.165, 1.54) is 30.5 Å². The Kier molecular flexibility index (Phi) is 5.58. The Morgan fingerprint density at radius 2 is 2.00 bits per heavy atom. The number of rotatable bonds is 5. The topological polar surface area (TPSA) is 88.7 Å². The molecule has 1 aromatic rings. The van der Waals surface area contributed by atoms with Gasteiger partial charge in [0.2, 0.25) is 0 Å². The molecule has 0 saturated heterocycles. The van der Waals surface area contributed by atoms with E-state index in [1.54, 1.807) is 6.07 Å². The number of benzene rings is 1. The van der Waals surface area contributed by atoms with Gasteiger partial charge >= 0.3 is 0 Å². The van der Waals surface area contributed by atoms with Gasteiger partial charge in [-0.1, -0.05) is 0 Å². The Morgan fingerprint density at radius 1 is 1.32 bits per heavy atom. The zero-order valence-electron chi connectivity index (χ0n) is 9.98. The number of nitriles is 2. The number of anilines is 1. The second-order valence-electron chi connectivity index (χ2n) is 3.49. The Morgan fingerprint density at radius 3 is 2.58 bits per heavy atom. The molecule has 0 aromatic heterocycles. The van der Waals surface area contributed by atoms with E-state index in [-0.39, 0.29) is 12.0 Å². The molecule has 1 amide bonds. The maximum Gasteiger partial charge on any atom is 0.267 e. The van der Waals surface area contributed by atoms with Gasteiger partial charge in [-0.15, -0.1) is 0 Å². The molecule has 0 spiro atoms. The summed E-state index contributed by atoms with van der Waals surface area (Å²) >= 11 is 0. The van der Waals surface area contributed by atoms with Crippen LogP contribution in [0.4, 0.5) is 10.1 Å². The Labute approximate surface area is 110 Å². The van der Waals surface area contributed by atoms with Crippen LogP contribution in [0.15, 0.2) is 36.0 Å². The fraction of sp³-hybridized carbons (Fsp3) is 0.154. The monoisotopic (exact) mass is 258 g/mol. The Hall–Kier alpha value is -2.86. The van der Waals surface area contributed by atoms with Crippen molar-refractivity contribution in [3.8, 4) is 12.1 Å². The van der Waals surface area contributed by atoms with Crippen LogP contribution in [-0.2, 0) is 4.79 Å². The van der Waals surface area contributed by atoms with Gasteiger partial charge in [-0.05, 0) is 24.3 Å². The zero-order chi connectivity index (χ0) is 14.1. The van der Waals surface area contributed by atoms with E-state index in [0.29, 0.717) is 12.2 Å². The molecule has 0 aliphatic carbocycles. The predicted octanol–water partition coefficient (Wildman–Crippen LogP) is 1.67. The number of carbonyl (C=O) groups excluding carboxylic acids is 1. The summed E-state index contributed by atoms with van der Waals surface area (Å²) in [6.45, 7) is 0.353. The van der Waals surface area contributed by atoms with Crippen LogP contribution in [0.3, 0.4) is 0 Å². The molecule has 6 heteroatoms. The zero-order valence-corrected chi connectivity index (χ0v) is 9.98. The first-order chi connectivity index (χ1) is 9.17. The van der Waals surface area contributed by atoms with Gasteiger partial charge in [0.25, 0.3) is 5.91 Å². The highest BCUT2D eigenvalue weighted by Crippen LogP contribution is 2.09. The van der Waals surface area contributed by atoms with Crippen molar-refractivity contribution >= 4 is 11.6 Å². The van der Waals surface area contributed by atoms with Crippen molar-refractivity contribution < 1.29 is 9.18 Å². The normalized spacial score (nSPS) is 10.2. The van der Waals surface area contributed by atoms with Crippen molar-refractivity contribution in [2.75, 3.05) is 11.9 Å². The summed E-state index contributed by atoms with van der Waals surface area (Å²) in [5, 5.41) is 22.3. The number of nitrogens with zero attached hydrogens (tertiary/aromatic N) is 2. The molecule has 19 heavy (non-hydrogen) atoms. The van der Waals surface area contributed by atoms with E-state index in [0.717, 1.165) is 0 Å². The molecule has 0 radical (unpaired) electrons. The summed E-state index contributed by atoms with van der Waals surface area (Å²) in [7, 11) is 0. The molecule has 5 nitrogen and oxygen atoms in total. The number of hydrogen-bond donors (Lipinski definition) is 2. The van der Waals surface area contributed by atoms with E-state index < -0.39 is 11.7 Å².